The third kappa shape index (κ3) is 2.39. The first-order chi connectivity index (χ1) is 8.09. The van der Waals surface area contributed by atoms with Gasteiger partial charge in [0.05, 0.1) is 10.6 Å². The summed E-state index contributed by atoms with van der Waals surface area (Å²) in [6, 6.07) is 3.70. The molecule has 0 saturated carbocycles. The Balaban J connectivity index is 2.05. The summed E-state index contributed by atoms with van der Waals surface area (Å²) in [5, 5.41) is 9.13. The van der Waals surface area contributed by atoms with E-state index in [1.165, 1.54) is 11.3 Å². The molecule has 0 atom stereocenters. The van der Waals surface area contributed by atoms with Gasteiger partial charge in [0.15, 0.2) is 0 Å². The minimum absolute atomic E-state index is 0.0253. The second-order valence-electron chi connectivity index (χ2n) is 3.93. The van der Waals surface area contributed by atoms with E-state index in [2.05, 4.69) is 10.4 Å². The highest BCUT2D eigenvalue weighted by Gasteiger charge is 2.11. The van der Waals surface area contributed by atoms with Gasteiger partial charge in [0.1, 0.15) is 0 Å². The molecular weight excluding hydrogens is 234 g/mol. The van der Waals surface area contributed by atoms with Crippen LogP contribution in [0.2, 0.25) is 0 Å². The highest BCUT2D eigenvalue weighted by molar-refractivity contribution is 7.12. The Morgan fingerprint density at radius 1 is 1.53 bits per heavy atom. The van der Waals surface area contributed by atoms with Gasteiger partial charge in [-0.2, -0.15) is 5.10 Å². The number of rotatable bonds is 3. The van der Waals surface area contributed by atoms with E-state index in [1.54, 1.807) is 0 Å². The van der Waals surface area contributed by atoms with Crippen molar-refractivity contribution in [2.45, 2.75) is 20.4 Å². The van der Waals surface area contributed by atoms with E-state index in [1.807, 2.05) is 43.1 Å². The number of aromatic nitrogens is 2. The third-order valence-electron chi connectivity index (χ3n) is 2.83. The van der Waals surface area contributed by atoms with Crippen molar-refractivity contribution in [3.8, 4) is 0 Å². The number of carbonyl (C=O) groups is 1. The minimum atomic E-state index is -0.0253. The summed E-state index contributed by atoms with van der Waals surface area (Å²) in [6.45, 7) is 4.49. The van der Waals surface area contributed by atoms with Crippen molar-refractivity contribution in [3.63, 3.8) is 0 Å². The second-order valence-corrected chi connectivity index (χ2v) is 4.88. The van der Waals surface area contributed by atoms with Gasteiger partial charge < -0.3 is 5.32 Å². The first kappa shape index (κ1) is 11.9. The van der Waals surface area contributed by atoms with Crippen molar-refractivity contribution < 1.29 is 4.79 Å². The molecule has 0 aliphatic carbocycles. The van der Waals surface area contributed by atoms with Crippen molar-refractivity contribution in [2.24, 2.45) is 7.05 Å². The molecule has 1 amide bonds. The quantitative estimate of drug-likeness (QED) is 0.904. The molecule has 0 aliphatic heterocycles. The number of carbonyl (C=O) groups excluding carboxylic acids is 1. The van der Waals surface area contributed by atoms with Crippen LogP contribution in [0.25, 0.3) is 0 Å². The molecule has 2 rings (SSSR count). The van der Waals surface area contributed by atoms with Crippen molar-refractivity contribution in [1.82, 2.24) is 15.1 Å². The Labute approximate surface area is 104 Å². The Bertz CT molecular complexity index is 528. The van der Waals surface area contributed by atoms with Crippen LogP contribution in [0.1, 0.15) is 26.6 Å². The van der Waals surface area contributed by atoms with Gasteiger partial charge in [-0.3, -0.25) is 9.48 Å². The fourth-order valence-electron chi connectivity index (χ4n) is 1.74. The molecule has 2 heterocycles. The van der Waals surface area contributed by atoms with Gasteiger partial charge in [0.25, 0.3) is 5.91 Å². The summed E-state index contributed by atoms with van der Waals surface area (Å²) < 4.78 is 1.84. The maximum atomic E-state index is 11.8. The van der Waals surface area contributed by atoms with Crippen LogP contribution in [0.15, 0.2) is 17.5 Å². The summed E-state index contributed by atoms with van der Waals surface area (Å²) in [7, 11) is 1.91. The molecular formula is C12H15N3OS. The van der Waals surface area contributed by atoms with E-state index in [9.17, 15) is 4.79 Å². The van der Waals surface area contributed by atoms with Crippen LogP contribution in [0.4, 0.5) is 0 Å². The molecule has 0 fully saturated rings. The predicted octanol–water partition coefficient (Wildman–Crippen LogP) is 2.03. The van der Waals surface area contributed by atoms with Crippen molar-refractivity contribution >= 4 is 17.2 Å². The SMILES string of the molecule is Cc1nn(C)c(C)c1CNC(=O)c1cccs1. The Morgan fingerprint density at radius 3 is 2.82 bits per heavy atom. The van der Waals surface area contributed by atoms with E-state index in [4.69, 9.17) is 0 Å². The highest BCUT2D eigenvalue weighted by Crippen LogP contribution is 2.12. The third-order valence-corrected chi connectivity index (χ3v) is 3.70. The first-order valence-corrected chi connectivity index (χ1v) is 6.28. The summed E-state index contributed by atoms with van der Waals surface area (Å²) >= 11 is 1.45. The number of hydrogen-bond acceptors (Lipinski definition) is 3. The average Bonchev–Trinajstić information content (AvgIpc) is 2.88. The van der Waals surface area contributed by atoms with Gasteiger partial charge in [-0.15, -0.1) is 11.3 Å². The van der Waals surface area contributed by atoms with Gasteiger partial charge in [0.2, 0.25) is 0 Å². The minimum Gasteiger partial charge on any atom is -0.347 e. The second kappa shape index (κ2) is 4.71. The number of amides is 1. The number of nitrogens with one attached hydrogen (secondary N) is 1. The molecule has 0 aliphatic rings. The average molecular weight is 249 g/mol. The molecule has 0 radical (unpaired) electrons. The molecule has 0 aromatic carbocycles. The van der Waals surface area contributed by atoms with Crippen molar-refractivity contribution in [3.05, 3.63) is 39.3 Å². The number of nitrogens with zero attached hydrogens (tertiary/aromatic N) is 2. The van der Waals surface area contributed by atoms with E-state index < -0.39 is 0 Å². The lowest BCUT2D eigenvalue weighted by molar-refractivity contribution is 0.0955. The molecule has 17 heavy (non-hydrogen) atoms. The molecule has 90 valence electrons. The Kier molecular flexibility index (Phi) is 3.28. The summed E-state index contributed by atoms with van der Waals surface area (Å²) in [5.74, 6) is -0.0253. The predicted molar refractivity (Wildman–Crippen MR) is 68.2 cm³/mol. The zero-order chi connectivity index (χ0) is 12.4. The van der Waals surface area contributed by atoms with Gasteiger partial charge >= 0.3 is 0 Å². The topological polar surface area (TPSA) is 46.9 Å². The largest absolute Gasteiger partial charge is 0.347 e. The summed E-state index contributed by atoms with van der Waals surface area (Å²) in [5.41, 5.74) is 3.16. The zero-order valence-corrected chi connectivity index (χ0v) is 11.0. The van der Waals surface area contributed by atoms with Crippen molar-refractivity contribution in [1.29, 1.82) is 0 Å². The maximum Gasteiger partial charge on any atom is 0.261 e. The van der Waals surface area contributed by atoms with Crippen LogP contribution in [0.3, 0.4) is 0 Å². The van der Waals surface area contributed by atoms with Crippen LogP contribution < -0.4 is 5.32 Å². The lowest BCUT2D eigenvalue weighted by atomic mass is 10.2. The van der Waals surface area contributed by atoms with E-state index in [0.717, 1.165) is 21.8 Å². The standard InChI is InChI=1S/C12H15N3OS/c1-8-10(9(2)15(3)14-8)7-13-12(16)11-5-4-6-17-11/h4-6H,7H2,1-3H3,(H,13,16). The fourth-order valence-corrected chi connectivity index (χ4v) is 2.38. The molecule has 0 unspecified atom stereocenters. The van der Waals surface area contributed by atoms with Crippen LogP contribution >= 0.6 is 11.3 Å². The van der Waals surface area contributed by atoms with Crippen LogP contribution in [0.5, 0.6) is 0 Å². The summed E-state index contributed by atoms with van der Waals surface area (Å²) in [6.07, 6.45) is 0. The maximum absolute atomic E-state index is 11.8. The van der Waals surface area contributed by atoms with E-state index in [0.29, 0.717) is 6.54 Å². The van der Waals surface area contributed by atoms with E-state index >= 15 is 0 Å². The Morgan fingerprint density at radius 2 is 2.29 bits per heavy atom. The van der Waals surface area contributed by atoms with Crippen LogP contribution in [-0.4, -0.2) is 15.7 Å². The molecule has 5 heteroatoms. The lowest BCUT2D eigenvalue weighted by Crippen LogP contribution is -2.22. The van der Waals surface area contributed by atoms with Crippen LogP contribution in [-0.2, 0) is 13.6 Å². The van der Waals surface area contributed by atoms with Crippen molar-refractivity contribution in [2.75, 3.05) is 0 Å². The summed E-state index contributed by atoms with van der Waals surface area (Å²) in [4.78, 5) is 12.5. The highest BCUT2D eigenvalue weighted by atomic mass is 32.1. The smallest absolute Gasteiger partial charge is 0.261 e. The molecule has 1 N–H and O–H groups in total. The molecule has 2 aromatic heterocycles. The molecule has 4 nitrogen and oxygen atoms in total. The van der Waals surface area contributed by atoms with E-state index in [-0.39, 0.29) is 5.91 Å². The number of aryl methyl sites for hydroxylation is 2. The molecule has 0 bridgehead atoms. The Hall–Kier alpha value is -1.62. The normalized spacial score (nSPS) is 10.5. The van der Waals surface area contributed by atoms with Gasteiger partial charge in [-0.05, 0) is 25.3 Å². The molecule has 0 saturated heterocycles. The molecule has 0 spiro atoms. The van der Waals surface area contributed by atoms with Crippen LogP contribution in [0, 0.1) is 13.8 Å². The number of thiophene rings is 1. The van der Waals surface area contributed by atoms with Gasteiger partial charge in [0, 0.05) is 24.8 Å². The fraction of sp³-hybridized carbons (Fsp3) is 0.333. The monoisotopic (exact) mass is 249 g/mol. The first-order valence-electron chi connectivity index (χ1n) is 5.40. The van der Waals surface area contributed by atoms with Gasteiger partial charge in [-0.1, -0.05) is 6.07 Å². The zero-order valence-electron chi connectivity index (χ0n) is 10.2. The molecule has 2 aromatic rings. The lowest BCUT2D eigenvalue weighted by Gasteiger charge is -2.04. The number of hydrogen-bond donors (Lipinski definition) is 1. The van der Waals surface area contributed by atoms with Gasteiger partial charge in [-0.25, -0.2) is 0 Å².